The van der Waals surface area contributed by atoms with Crippen molar-refractivity contribution >= 4 is 35.6 Å². The van der Waals surface area contributed by atoms with Crippen LogP contribution in [0.5, 0.6) is 0 Å². The van der Waals surface area contributed by atoms with Gasteiger partial charge in [0, 0.05) is 0 Å². The van der Waals surface area contributed by atoms with Crippen LogP contribution in [0.1, 0.15) is 63.7 Å². The van der Waals surface area contributed by atoms with Crippen molar-refractivity contribution in [3.63, 3.8) is 0 Å². The monoisotopic (exact) mass is 638 g/mol. The Kier molecular flexibility index (Phi) is 10.2. The molecule has 1 heterocycles. The fourth-order valence-corrected chi connectivity index (χ4v) is 6.11. The van der Waals surface area contributed by atoms with Crippen molar-refractivity contribution in [2.24, 2.45) is 0 Å². The highest BCUT2D eigenvalue weighted by Crippen LogP contribution is 2.40. The second-order valence-electron chi connectivity index (χ2n) is 11.3. The Balaban J connectivity index is 1.45. The van der Waals surface area contributed by atoms with Gasteiger partial charge in [-0.3, -0.25) is 0 Å². The van der Waals surface area contributed by atoms with E-state index in [1.54, 1.807) is 97.1 Å². The van der Waals surface area contributed by atoms with Crippen molar-refractivity contribution in [2.75, 3.05) is 6.61 Å². The van der Waals surface area contributed by atoms with Gasteiger partial charge in [0.1, 0.15) is 6.61 Å². The van der Waals surface area contributed by atoms with Crippen molar-refractivity contribution in [3.05, 3.63) is 142 Å². The topological polar surface area (TPSA) is 105 Å². The number of thioether (sulfide) groups is 1. The van der Waals surface area contributed by atoms with Gasteiger partial charge in [0.25, 0.3) is 0 Å². The van der Waals surface area contributed by atoms with Crippen LogP contribution in [-0.2, 0) is 18.9 Å². The van der Waals surface area contributed by atoms with Crippen LogP contribution in [0, 0.1) is 27.7 Å². The Morgan fingerprint density at radius 1 is 0.478 bits per heavy atom. The lowest BCUT2D eigenvalue weighted by atomic mass is 10.1. The number of carbonyl (C=O) groups excluding carboxylic acids is 4. The summed E-state index contributed by atoms with van der Waals surface area (Å²) in [5.41, 5.74) is 4.01. The van der Waals surface area contributed by atoms with Gasteiger partial charge in [-0.2, -0.15) is 0 Å². The van der Waals surface area contributed by atoms with Crippen molar-refractivity contribution in [1.29, 1.82) is 0 Å². The van der Waals surface area contributed by atoms with Crippen LogP contribution in [0.15, 0.2) is 97.1 Å². The van der Waals surface area contributed by atoms with Crippen molar-refractivity contribution in [2.45, 2.75) is 50.6 Å². The summed E-state index contributed by atoms with van der Waals surface area (Å²) in [5.74, 6) is -2.56. The Labute approximate surface area is 272 Å². The number of rotatable bonds is 9. The first-order valence-corrected chi connectivity index (χ1v) is 15.7. The standard InChI is InChI=1S/C37H34O8S/c1-22-5-13-26(14-6-22)33(38)42-21-30-31(43-34(39)27-15-7-23(2)8-16-27)32(44-35(40)28-17-9-24(3)10-18-28)37(46-30)45-36(41)29-19-11-25(4)12-20-29/h5-20,30-32,37H,21H2,1-4H3/t30-,31+,32+,37?/m1/s1. The van der Waals surface area contributed by atoms with Crippen LogP contribution in [0.3, 0.4) is 0 Å². The van der Waals surface area contributed by atoms with Gasteiger partial charge in [0.15, 0.2) is 17.6 Å². The lowest BCUT2D eigenvalue weighted by Gasteiger charge is -2.25. The van der Waals surface area contributed by atoms with Gasteiger partial charge in [-0.15, -0.1) is 11.8 Å². The van der Waals surface area contributed by atoms with E-state index in [1.807, 2.05) is 27.7 Å². The maximum Gasteiger partial charge on any atom is 0.339 e. The van der Waals surface area contributed by atoms with Crippen LogP contribution in [0.4, 0.5) is 0 Å². The molecule has 0 aromatic heterocycles. The highest BCUT2D eigenvalue weighted by Gasteiger charge is 2.52. The molecule has 0 radical (unpaired) electrons. The van der Waals surface area contributed by atoms with Gasteiger partial charge >= 0.3 is 23.9 Å². The smallest absolute Gasteiger partial charge is 0.339 e. The fraction of sp³-hybridized carbons (Fsp3) is 0.243. The number of benzene rings is 4. The first-order chi connectivity index (χ1) is 22.1. The van der Waals surface area contributed by atoms with E-state index in [4.69, 9.17) is 18.9 Å². The quantitative estimate of drug-likeness (QED) is 0.144. The van der Waals surface area contributed by atoms with E-state index in [2.05, 4.69) is 0 Å². The van der Waals surface area contributed by atoms with Crippen molar-refractivity contribution in [3.8, 4) is 0 Å². The molecule has 0 aliphatic carbocycles. The molecule has 0 spiro atoms. The number of aryl methyl sites for hydroxylation is 4. The number of esters is 4. The highest BCUT2D eigenvalue weighted by atomic mass is 32.2. The predicted molar refractivity (Wildman–Crippen MR) is 174 cm³/mol. The van der Waals surface area contributed by atoms with Gasteiger partial charge in [-0.1, -0.05) is 70.8 Å². The van der Waals surface area contributed by atoms with E-state index in [1.165, 1.54) is 0 Å². The summed E-state index contributed by atoms with van der Waals surface area (Å²) in [4.78, 5) is 52.9. The average molecular weight is 639 g/mol. The molecule has 9 heteroatoms. The molecule has 5 rings (SSSR count). The third kappa shape index (κ3) is 8.03. The minimum absolute atomic E-state index is 0.208. The van der Waals surface area contributed by atoms with E-state index < -0.39 is 46.8 Å². The first kappa shape index (κ1) is 32.5. The Bertz CT molecular complexity index is 1700. The Morgan fingerprint density at radius 2 is 0.804 bits per heavy atom. The van der Waals surface area contributed by atoms with Gasteiger partial charge < -0.3 is 18.9 Å². The molecule has 4 atom stereocenters. The summed E-state index contributed by atoms with van der Waals surface area (Å²) >= 11 is 1.10. The minimum atomic E-state index is -1.22. The Morgan fingerprint density at radius 3 is 1.20 bits per heavy atom. The lowest BCUT2D eigenvalue weighted by Crippen LogP contribution is -2.42. The maximum absolute atomic E-state index is 13.4. The van der Waals surface area contributed by atoms with Crippen molar-refractivity contribution in [1.82, 2.24) is 0 Å². The molecule has 8 nitrogen and oxygen atoms in total. The van der Waals surface area contributed by atoms with Gasteiger partial charge in [-0.25, -0.2) is 19.2 Å². The molecule has 1 saturated heterocycles. The minimum Gasteiger partial charge on any atom is -0.461 e. The number of carbonyl (C=O) groups is 4. The Hall–Kier alpha value is -4.89. The molecular weight excluding hydrogens is 604 g/mol. The van der Waals surface area contributed by atoms with E-state index >= 15 is 0 Å². The fourth-order valence-electron chi connectivity index (χ4n) is 4.74. The van der Waals surface area contributed by atoms with Gasteiger partial charge in [0.2, 0.25) is 0 Å². The summed E-state index contributed by atoms with van der Waals surface area (Å²) in [6.45, 7) is 7.40. The summed E-state index contributed by atoms with van der Waals surface area (Å²) in [6, 6.07) is 27.4. The third-order valence-electron chi connectivity index (χ3n) is 7.50. The second-order valence-corrected chi connectivity index (χ2v) is 12.6. The molecule has 4 aromatic rings. The molecule has 0 saturated carbocycles. The first-order valence-electron chi connectivity index (χ1n) is 14.8. The molecule has 0 N–H and O–H groups in total. The van der Waals surface area contributed by atoms with Crippen LogP contribution in [0.25, 0.3) is 0 Å². The molecule has 1 aliphatic rings. The summed E-state index contributed by atoms with van der Waals surface area (Å²) in [5, 5.41) is -0.740. The molecule has 0 amide bonds. The molecule has 236 valence electrons. The zero-order valence-corrected chi connectivity index (χ0v) is 26.7. The zero-order chi connectivity index (χ0) is 32.8. The third-order valence-corrected chi connectivity index (χ3v) is 8.89. The average Bonchev–Trinajstić information content (AvgIpc) is 3.35. The summed E-state index contributed by atoms with van der Waals surface area (Å²) in [6.07, 6.45) is -2.35. The normalized spacial score (nSPS) is 18.8. The molecule has 0 bridgehead atoms. The predicted octanol–water partition coefficient (Wildman–Crippen LogP) is 6.83. The van der Waals surface area contributed by atoms with Gasteiger partial charge in [-0.05, 0) is 76.2 Å². The van der Waals surface area contributed by atoms with E-state index in [0.29, 0.717) is 11.1 Å². The molecule has 1 aliphatic heterocycles. The summed E-state index contributed by atoms with van der Waals surface area (Å²) < 4.78 is 23.5. The number of hydrogen-bond donors (Lipinski definition) is 0. The highest BCUT2D eigenvalue weighted by molar-refractivity contribution is 8.00. The lowest BCUT2D eigenvalue weighted by molar-refractivity contribution is -0.0607. The second kappa shape index (κ2) is 14.5. The van der Waals surface area contributed by atoms with Gasteiger partial charge in [0.05, 0.1) is 27.5 Å². The van der Waals surface area contributed by atoms with E-state index in [0.717, 1.165) is 34.0 Å². The number of ether oxygens (including phenoxy) is 4. The molecule has 1 fully saturated rings. The molecule has 4 aromatic carbocycles. The summed E-state index contributed by atoms with van der Waals surface area (Å²) in [7, 11) is 0. The molecular formula is C37H34O8S. The van der Waals surface area contributed by atoms with Crippen molar-refractivity contribution < 1.29 is 38.1 Å². The molecule has 1 unspecified atom stereocenters. The van der Waals surface area contributed by atoms with E-state index in [-0.39, 0.29) is 17.7 Å². The van der Waals surface area contributed by atoms with Crippen LogP contribution in [0.2, 0.25) is 0 Å². The van der Waals surface area contributed by atoms with E-state index in [9.17, 15) is 19.2 Å². The molecule has 46 heavy (non-hydrogen) atoms. The largest absolute Gasteiger partial charge is 0.461 e. The van der Waals surface area contributed by atoms with Crippen LogP contribution in [-0.4, -0.2) is 53.4 Å². The number of hydrogen-bond acceptors (Lipinski definition) is 9. The maximum atomic E-state index is 13.4. The SMILES string of the molecule is Cc1ccc(C(=O)OC[C@H]2SC(OC(=O)c3ccc(C)cc3)[C@@H](OC(=O)c3ccc(C)cc3)[C@H]2OC(=O)c2ccc(C)cc2)cc1. The van der Waals surface area contributed by atoms with Crippen LogP contribution < -0.4 is 0 Å². The zero-order valence-electron chi connectivity index (χ0n) is 25.9. The van der Waals surface area contributed by atoms with Crippen LogP contribution >= 0.6 is 11.8 Å².